The number of benzene rings is 11. The molecule has 0 atom stereocenters. The molecule has 782 valence electrons. The molecule has 27 heteroatoms. The Kier molecular flexibility index (Phi) is 67.4. The van der Waals surface area contributed by atoms with E-state index in [4.69, 9.17) is 71.5 Å². The van der Waals surface area contributed by atoms with Crippen LogP contribution in [0.4, 0.5) is 5.69 Å². The average Bonchev–Trinajstić information content (AvgIpc) is 0.851. The van der Waals surface area contributed by atoms with Crippen LogP contribution in [0.5, 0.6) is 126 Å². The lowest BCUT2D eigenvalue weighted by molar-refractivity contribution is -0.386. The highest BCUT2D eigenvalue weighted by atomic mass is 127. The molecule has 22 N–H and O–H groups in total. The molecule has 0 aliphatic carbocycles. The predicted octanol–water partition coefficient (Wildman–Crippen LogP) is 31.1. The zero-order chi connectivity index (χ0) is 106. The van der Waals surface area contributed by atoms with Crippen molar-refractivity contribution in [3.8, 4) is 126 Å². The molecule has 0 spiro atoms. The molecule has 25 nitrogen and oxygen atoms in total. The van der Waals surface area contributed by atoms with Gasteiger partial charge in [0.2, 0.25) is 0 Å². The number of para-hydroxylation sites is 1. The highest BCUT2D eigenvalue weighted by Crippen LogP contribution is 2.37. The van der Waals surface area contributed by atoms with Gasteiger partial charge in [0.05, 0.1) is 8.49 Å². The number of allylic oxidation sites excluding steroid dienone is 4. The van der Waals surface area contributed by atoms with Crippen molar-refractivity contribution in [3.63, 3.8) is 0 Å². The topological polar surface area (TPSA) is 488 Å². The minimum absolute atomic E-state index is 0.0120. The molecular weight excluding hydrogens is 2000 g/mol. The fourth-order valence-corrected chi connectivity index (χ4v) is 15.0. The summed E-state index contributed by atoms with van der Waals surface area (Å²) in [6.45, 7) is 12.1. The van der Waals surface area contributed by atoms with E-state index >= 15 is 0 Å². The number of nitrogens with zero attached hydrogens (tertiary/aromatic N) is 1. The summed E-state index contributed by atoms with van der Waals surface area (Å²) in [6, 6.07) is 49.7. The van der Waals surface area contributed by atoms with Crippen LogP contribution in [0.2, 0.25) is 0 Å². The summed E-state index contributed by atoms with van der Waals surface area (Å²) in [6.07, 6.45) is 60.1. The Balaban J connectivity index is 0.000000554. The maximum atomic E-state index is 10.1. The van der Waals surface area contributed by atoms with E-state index in [2.05, 4.69) is 61.0 Å². The first kappa shape index (κ1) is 126. The van der Waals surface area contributed by atoms with Crippen molar-refractivity contribution in [3.05, 3.63) is 287 Å². The SMILES string of the molecule is CCCCCCCC/C=C\CCCCCCCCCc1c(O)cc(O)cc1O.CCCCCCCC/C=C\CCCCCCCCCc1cc(O)cc(O)c1.CCCCCCc1ccc(O)cc1O.CCc1ccc(O)cc1O.Cc1c(O)cccc1O.Cc1cc(O)cc(O)c1.O=[N+]([O-])c1c(O)cccc1O.Oc1cc(O)cc(Br)c1.Oc1ccc(/C=C/c2cc(O)cc(O)c2)cc1.Oc1cccc(O)c1I. The van der Waals surface area contributed by atoms with Gasteiger partial charge in [0, 0.05) is 64.1 Å². The number of nitro groups is 1. The molecular formula is C116H155BrINO24. The zero-order valence-electron chi connectivity index (χ0n) is 83.7. The van der Waals surface area contributed by atoms with Gasteiger partial charge in [-0.1, -0.05) is 270 Å². The lowest BCUT2D eigenvalue weighted by Crippen LogP contribution is -1.89. The second kappa shape index (κ2) is 76.6. The van der Waals surface area contributed by atoms with Gasteiger partial charge in [0.15, 0.2) is 11.5 Å². The normalized spacial score (nSPS) is 10.5. The summed E-state index contributed by atoms with van der Waals surface area (Å²) >= 11 is 4.96. The molecule has 0 heterocycles. The number of hydrogen-bond donors (Lipinski definition) is 22. The smallest absolute Gasteiger partial charge is 0.351 e. The number of nitro benzene ring substituents is 1. The number of aryl methyl sites for hydroxylation is 4. The molecule has 0 saturated heterocycles. The summed E-state index contributed by atoms with van der Waals surface area (Å²) < 4.78 is 1.16. The number of unbranched alkanes of at least 4 members (excludes halogenated alkanes) is 29. The minimum atomic E-state index is -0.843. The van der Waals surface area contributed by atoms with Crippen LogP contribution in [0.25, 0.3) is 12.2 Å². The molecule has 143 heavy (non-hydrogen) atoms. The van der Waals surface area contributed by atoms with Gasteiger partial charge in [-0.05, 0) is 275 Å². The number of phenolic OH excluding ortho intramolecular Hbond substituents is 22. The molecule has 11 aromatic rings. The molecule has 0 aromatic heterocycles. The molecule has 0 aliphatic heterocycles. The van der Waals surface area contributed by atoms with Crippen LogP contribution >= 0.6 is 38.5 Å². The first-order chi connectivity index (χ1) is 68.4. The van der Waals surface area contributed by atoms with E-state index in [1.165, 1.54) is 284 Å². The number of rotatable bonds is 43. The Morgan fingerprint density at radius 2 is 0.580 bits per heavy atom. The van der Waals surface area contributed by atoms with Crippen LogP contribution < -0.4 is 0 Å². The third kappa shape index (κ3) is 61.3. The summed E-state index contributed by atoms with van der Waals surface area (Å²) in [5.74, 6) is 0.837. The van der Waals surface area contributed by atoms with E-state index in [0.717, 1.165) is 84.9 Å². The molecule has 0 unspecified atom stereocenters. The zero-order valence-corrected chi connectivity index (χ0v) is 87.5. The second-order valence-corrected chi connectivity index (χ2v) is 36.5. The summed E-state index contributed by atoms with van der Waals surface area (Å²) in [4.78, 5) is 9.29. The third-order valence-electron chi connectivity index (χ3n) is 22.0. The van der Waals surface area contributed by atoms with E-state index in [-0.39, 0.29) is 115 Å². The van der Waals surface area contributed by atoms with Crippen molar-refractivity contribution in [2.45, 2.75) is 286 Å². The maximum Gasteiger partial charge on any atom is 0.351 e. The van der Waals surface area contributed by atoms with Crippen LogP contribution in [0, 0.1) is 27.5 Å². The Morgan fingerprint density at radius 1 is 0.280 bits per heavy atom. The third-order valence-corrected chi connectivity index (χ3v) is 23.6. The Labute approximate surface area is 866 Å². The van der Waals surface area contributed by atoms with Gasteiger partial charge in [0.1, 0.15) is 115 Å². The number of phenols is 22. The quantitative estimate of drug-likeness (QED) is 0.00421. The first-order valence-electron chi connectivity index (χ1n) is 49.5. The van der Waals surface area contributed by atoms with E-state index in [0.29, 0.717) is 31.2 Å². The second-order valence-electron chi connectivity index (χ2n) is 34.5. The monoisotopic (exact) mass is 2150 g/mol. The molecule has 0 fully saturated rings. The summed E-state index contributed by atoms with van der Waals surface area (Å²) in [5, 5.41) is 211. The molecule has 11 rings (SSSR count). The van der Waals surface area contributed by atoms with Gasteiger partial charge >= 0.3 is 5.69 Å². The van der Waals surface area contributed by atoms with E-state index in [1.807, 2.05) is 35.6 Å². The fraction of sp³-hybridized carbons (Fsp3) is 0.379. The van der Waals surface area contributed by atoms with E-state index in [1.54, 1.807) is 117 Å². The van der Waals surface area contributed by atoms with Gasteiger partial charge in [-0.2, -0.15) is 0 Å². The number of halogens is 2. The predicted molar refractivity (Wildman–Crippen MR) is 586 cm³/mol. The average molecular weight is 2150 g/mol. The largest absolute Gasteiger partial charge is 0.508 e. The summed E-state index contributed by atoms with van der Waals surface area (Å²) in [7, 11) is 0. The standard InChI is InChI=1S/C25H42O3.C25H42O2.C14H12O3.C12H18O2.C8H10O2.2C7H8O2.C6H5BrO2.C6H5IO2.C6H5NO4/c1-2-3-4-5-6-7-8-9-10-11-12-13-14-15-16-17-18-19-23-24(27)20-22(26)21-25(23)28;1-2-3-4-5-6-7-8-9-10-11-12-13-14-15-16-17-18-19-23-20-24(26)22-25(27)21-23;15-12-5-3-10(4-6-12)1-2-11-7-13(16)9-14(17)8-11;1-2-3-4-5-6-10-7-8-11(13)9-12(10)14;1-2-6-3-4-7(9)5-8(6)10;1-5-2-6(8)4-7(9)3-5;1-5-6(8)3-2-4-7(5)9;7-4-1-5(8)3-6(9)2-4;7-6-4(8)2-1-3-5(6)9;8-4-2-1-3-5(9)6(4)7(10)11/h9-10,20-21,26-28H,2-8,11-19H2,1H3;9-10,20-22,26-27H,2-8,11-19H2,1H3;1-9,15-17H;7-9,13-14H,2-6H2,1H3;3-5,9-10H,2H2,1H3;2*2-4,8-9H,1H3;2*1-3,8-9H;1-3,8-9H/b2*10-9-;2-1+;;;;;;;. The maximum absolute atomic E-state index is 10.1. The van der Waals surface area contributed by atoms with Crippen LogP contribution in [0.15, 0.2) is 229 Å². The van der Waals surface area contributed by atoms with E-state index in [9.17, 15) is 51.0 Å². The summed E-state index contributed by atoms with van der Waals surface area (Å²) in [5.41, 5.74) is 5.71. The van der Waals surface area contributed by atoms with Crippen LogP contribution in [-0.2, 0) is 25.7 Å². The molecule has 11 aromatic carbocycles. The fourth-order valence-electron chi connectivity index (χ4n) is 14.1. The molecule has 0 radical (unpaired) electrons. The lowest BCUT2D eigenvalue weighted by atomic mass is 10.0. The van der Waals surface area contributed by atoms with Crippen molar-refractivity contribution in [2.24, 2.45) is 0 Å². The van der Waals surface area contributed by atoms with Crippen molar-refractivity contribution in [1.82, 2.24) is 0 Å². The van der Waals surface area contributed by atoms with Crippen LogP contribution in [0.3, 0.4) is 0 Å². The van der Waals surface area contributed by atoms with E-state index < -0.39 is 22.1 Å². The van der Waals surface area contributed by atoms with Gasteiger partial charge in [-0.25, -0.2) is 0 Å². The van der Waals surface area contributed by atoms with Crippen LogP contribution in [0.1, 0.15) is 291 Å². The molecule has 0 aliphatic rings. The lowest BCUT2D eigenvalue weighted by Gasteiger charge is -2.08. The van der Waals surface area contributed by atoms with Crippen molar-refractivity contribution >= 4 is 56.4 Å². The minimum Gasteiger partial charge on any atom is -0.508 e. The highest BCUT2D eigenvalue weighted by molar-refractivity contribution is 14.1. The number of hydrogen-bond acceptors (Lipinski definition) is 24. The van der Waals surface area contributed by atoms with Crippen molar-refractivity contribution in [1.29, 1.82) is 0 Å². The van der Waals surface area contributed by atoms with Crippen LogP contribution in [-0.4, -0.2) is 117 Å². The van der Waals surface area contributed by atoms with Crippen molar-refractivity contribution < 1.29 is 117 Å². The Morgan fingerprint density at radius 3 is 0.930 bits per heavy atom. The molecule has 0 saturated carbocycles. The number of aromatic hydroxyl groups is 22. The van der Waals surface area contributed by atoms with Gasteiger partial charge in [-0.15, -0.1) is 0 Å². The Hall–Kier alpha value is -13.2. The molecule has 0 bridgehead atoms. The van der Waals surface area contributed by atoms with Gasteiger partial charge < -0.3 is 112 Å². The molecule has 0 amide bonds. The van der Waals surface area contributed by atoms with Gasteiger partial charge in [-0.3, -0.25) is 10.1 Å². The highest BCUT2D eigenvalue weighted by Gasteiger charge is 2.18. The Bertz CT molecular complexity index is 5110. The van der Waals surface area contributed by atoms with Gasteiger partial charge in [0.25, 0.3) is 0 Å². The first-order valence-corrected chi connectivity index (χ1v) is 51.3. The van der Waals surface area contributed by atoms with Crippen molar-refractivity contribution in [2.75, 3.05) is 0 Å².